The minimum absolute atomic E-state index is 0.0723. The van der Waals surface area contributed by atoms with Crippen molar-refractivity contribution in [2.75, 3.05) is 26.2 Å². The predicted octanol–water partition coefficient (Wildman–Crippen LogP) is 0.0793. The van der Waals surface area contributed by atoms with Crippen LogP contribution in [-0.2, 0) is 4.79 Å². The Morgan fingerprint density at radius 2 is 2.21 bits per heavy atom. The van der Waals surface area contributed by atoms with Crippen molar-refractivity contribution in [2.24, 2.45) is 11.7 Å². The Morgan fingerprint density at radius 1 is 1.47 bits per heavy atom. The van der Waals surface area contributed by atoms with Crippen molar-refractivity contribution < 1.29 is 4.79 Å². The van der Waals surface area contributed by atoms with Gasteiger partial charge in [-0.15, -0.1) is 0 Å². The van der Waals surface area contributed by atoms with Gasteiger partial charge in [-0.3, -0.25) is 14.0 Å². The molecule has 0 bridgehead atoms. The molecule has 2 aliphatic rings. The first-order valence-electron chi connectivity index (χ1n) is 7.16. The number of hydrogen-bond donors (Lipinski definition) is 3. The molecule has 2 rings (SSSR count). The summed E-state index contributed by atoms with van der Waals surface area (Å²) >= 11 is 4.39. The Balaban J connectivity index is 1.78. The Labute approximate surface area is 121 Å². The van der Waals surface area contributed by atoms with Gasteiger partial charge in [0.2, 0.25) is 5.91 Å². The van der Waals surface area contributed by atoms with E-state index < -0.39 is 0 Å². The first kappa shape index (κ1) is 15.1. The number of nitrogens with two attached hydrogens (primary N) is 1. The number of nitrogens with zero attached hydrogens (tertiary/aromatic N) is 2. The number of thiol groups is 1. The lowest BCUT2D eigenvalue weighted by atomic mass is 9.96. The van der Waals surface area contributed by atoms with E-state index in [1.165, 1.54) is 0 Å². The van der Waals surface area contributed by atoms with Crippen LogP contribution in [-0.4, -0.2) is 59.4 Å². The normalized spacial score (nSPS) is 34.6. The third-order valence-electron chi connectivity index (χ3n) is 4.37. The Bertz CT molecular complexity index is 328. The molecule has 2 saturated heterocycles. The van der Waals surface area contributed by atoms with Crippen LogP contribution < -0.4 is 11.1 Å². The fraction of sp³-hybridized carbons (Fsp3) is 0.923. The van der Waals surface area contributed by atoms with E-state index in [-0.39, 0.29) is 11.9 Å². The topological polar surface area (TPSA) is 61.6 Å². The highest BCUT2D eigenvalue weighted by molar-refractivity contribution is 7.77. The molecule has 6 heteroatoms. The van der Waals surface area contributed by atoms with Gasteiger partial charge in [-0.2, -0.15) is 0 Å². The lowest BCUT2D eigenvalue weighted by molar-refractivity contribution is -0.119. The number of amides is 1. The van der Waals surface area contributed by atoms with Crippen molar-refractivity contribution >= 4 is 18.7 Å². The zero-order valence-corrected chi connectivity index (χ0v) is 12.8. The molecule has 2 heterocycles. The van der Waals surface area contributed by atoms with E-state index in [1.807, 2.05) is 4.31 Å². The van der Waals surface area contributed by atoms with Gasteiger partial charge < -0.3 is 11.1 Å². The van der Waals surface area contributed by atoms with E-state index >= 15 is 0 Å². The Hall–Kier alpha value is -0.300. The molecular formula is C13H26N4OS. The van der Waals surface area contributed by atoms with Gasteiger partial charge in [0.25, 0.3) is 0 Å². The SMILES string of the molecule is CC(=O)N[C@@H]1CCN(C(C)CC2CN(S)C[C@@H]2N)C1. The third-order valence-corrected chi connectivity index (χ3v) is 4.69. The molecule has 4 atom stereocenters. The van der Waals surface area contributed by atoms with Gasteiger partial charge in [-0.1, -0.05) is 12.8 Å². The summed E-state index contributed by atoms with van der Waals surface area (Å²) in [5.41, 5.74) is 6.14. The molecule has 19 heavy (non-hydrogen) atoms. The van der Waals surface area contributed by atoms with E-state index in [0.717, 1.165) is 39.0 Å². The maximum Gasteiger partial charge on any atom is 0.217 e. The standard InChI is InChI=1S/C13H26N4OS/c1-9(5-11-6-17(19)8-13(11)14)16-4-3-12(7-16)15-10(2)18/h9,11-13,19H,3-8,14H2,1-2H3,(H,15,18)/t9?,11?,12-,13+/m1/s1. The van der Waals surface area contributed by atoms with Gasteiger partial charge in [0.15, 0.2) is 0 Å². The fourth-order valence-corrected chi connectivity index (χ4v) is 3.70. The van der Waals surface area contributed by atoms with Crippen LogP contribution in [0.15, 0.2) is 0 Å². The Morgan fingerprint density at radius 3 is 2.79 bits per heavy atom. The summed E-state index contributed by atoms with van der Waals surface area (Å²) in [6, 6.07) is 1.09. The highest BCUT2D eigenvalue weighted by atomic mass is 32.1. The monoisotopic (exact) mass is 286 g/mol. The van der Waals surface area contributed by atoms with Crippen LogP contribution in [0.3, 0.4) is 0 Å². The second-order valence-corrected chi connectivity index (χ2v) is 6.63. The minimum atomic E-state index is 0.0723. The molecule has 0 spiro atoms. The minimum Gasteiger partial charge on any atom is -0.352 e. The van der Waals surface area contributed by atoms with Crippen molar-refractivity contribution in [1.82, 2.24) is 14.5 Å². The van der Waals surface area contributed by atoms with Gasteiger partial charge in [0.05, 0.1) is 0 Å². The van der Waals surface area contributed by atoms with Crippen molar-refractivity contribution in [3.63, 3.8) is 0 Å². The van der Waals surface area contributed by atoms with Crippen molar-refractivity contribution in [2.45, 2.75) is 44.8 Å². The summed E-state index contributed by atoms with van der Waals surface area (Å²) in [7, 11) is 0. The number of nitrogens with one attached hydrogen (secondary N) is 1. The average Bonchev–Trinajstić information content (AvgIpc) is 2.86. The van der Waals surface area contributed by atoms with Crippen LogP contribution in [0.1, 0.15) is 26.7 Å². The van der Waals surface area contributed by atoms with Gasteiger partial charge in [0.1, 0.15) is 0 Å². The molecule has 0 saturated carbocycles. The first-order chi connectivity index (χ1) is 8.95. The molecule has 0 radical (unpaired) electrons. The van der Waals surface area contributed by atoms with E-state index in [2.05, 4.69) is 30.0 Å². The van der Waals surface area contributed by atoms with Gasteiger partial charge in [0, 0.05) is 51.2 Å². The summed E-state index contributed by atoms with van der Waals surface area (Å²) < 4.78 is 2.02. The number of rotatable bonds is 4. The first-order valence-corrected chi connectivity index (χ1v) is 7.56. The van der Waals surface area contributed by atoms with Crippen LogP contribution in [0.2, 0.25) is 0 Å². The zero-order chi connectivity index (χ0) is 14.0. The summed E-state index contributed by atoms with van der Waals surface area (Å²) in [6.07, 6.45) is 2.17. The van der Waals surface area contributed by atoms with Gasteiger partial charge in [-0.25, -0.2) is 0 Å². The molecular weight excluding hydrogens is 260 g/mol. The second kappa shape index (κ2) is 6.43. The van der Waals surface area contributed by atoms with Crippen LogP contribution >= 0.6 is 12.8 Å². The quantitative estimate of drug-likeness (QED) is 0.641. The van der Waals surface area contributed by atoms with Crippen LogP contribution in [0.5, 0.6) is 0 Å². The highest BCUT2D eigenvalue weighted by Crippen LogP contribution is 2.25. The third kappa shape index (κ3) is 4.08. The fourth-order valence-electron chi connectivity index (χ4n) is 3.30. The average molecular weight is 286 g/mol. The van der Waals surface area contributed by atoms with Crippen molar-refractivity contribution in [3.05, 3.63) is 0 Å². The molecule has 0 aromatic heterocycles. The molecule has 3 N–H and O–H groups in total. The molecule has 5 nitrogen and oxygen atoms in total. The van der Waals surface area contributed by atoms with Crippen molar-refractivity contribution in [3.8, 4) is 0 Å². The second-order valence-electron chi connectivity index (χ2n) is 6.06. The maximum atomic E-state index is 11.1. The van der Waals surface area contributed by atoms with Gasteiger partial charge >= 0.3 is 0 Å². The highest BCUT2D eigenvalue weighted by Gasteiger charge is 2.33. The summed E-state index contributed by atoms with van der Waals surface area (Å²) in [5, 5.41) is 3.01. The van der Waals surface area contributed by atoms with Crippen LogP contribution in [0.25, 0.3) is 0 Å². The molecule has 1 amide bonds. The Kier molecular flexibility index (Phi) is 5.11. The molecule has 0 aromatic rings. The molecule has 0 aliphatic carbocycles. The molecule has 2 unspecified atom stereocenters. The smallest absolute Gasteiger partial charge is 0.217 e. The van der Waals surface area contributed by atoms with Gasteiger partial charge in [-0.05, 0) is 25.7 Å². The van der Waals surface area contributed by atoms with E-state index in [4.69, 9.17) is 5.73 Å². The molecule has 2 aliphatic heterocycles. The lowest BCUT2D eigenvalue weighted by Gasteiger charge is -2.28. The number of likely N-dealkylation sites (tertiary alicyclic amines) is 1. The van der Waals surface area contributed by atoms with Crippen LogP contribution in [0.4, 0.5) is 0 Å². The molecule has 110 valence electrons. The summed E-state index contributed by atoms with van der Waals surface area (Å²) in [6.45, 7) is 7.76. The molecule has 2 fully saturated rings. The van der Waals surface area contributed by atoms with Crippen LogP contribution in [0, 0.1) is 5.92 Å². The van der Waals surface area contributed by atoms with E-state index in [1.54, 1.807) is 6.92 Å². The zero-order valence-electron chi connectivity index (χ0n) is 11.9. The van der Waals surface area contributed by atoms with Crippen molar-refractivity contribution in [1.29, 1.82) is 0 Å². The largest absolute Gasteiger partial charge is 0.352 e. The number of hydrogen-bond acceptors (Lipinski definition) is 5. The summed E-state index contributed by atoms with van der Waals surface area (Å²) in [5.74, 6) is 0.607. The molecule has 0 aromatic carbocycles. The number of carbonyl (C=O) groups is 1. The predicted molar refractivity (Wildman–Crippen MR) is 79.9 cm³/mol. The maximum absolute atomic E-state index is 11.1. The van der Waals surface area contributed by atoms with E-state index in [9.17, 15) is 4.79 Å². The van der Waals surface area contributed by atoms with E-state index in [0.29, 0.717) is 18.0 Å². The lowest BCUT2D eigenvalue weighted by Crippen LogP contribution is -2.40. The summed E-state index contributed by atoms with van der Waals surface area (Å²) in [4.78, 5) is 13.5. The number of carbonyl (C=O) groups excluding carboxylic acids is 1.